The molecule has 1 unspecified atom stereocenters. The molecule has 2 N–H and O–H groups in total. The third-order valence-electron chi connectivity index (χ3n) is 3.26. The highest BCUT2D eigenvalue weighted by Gasteiger charge is 2.15. The van der Waals surface area contributed by atoms with E-state index < -0.39 is 0 Å². The molecule has 0 saturated carbocycles. The summed E-state index contributed by atoms with van der Waals surface area (Å²) in [7, 11) is 2.16. The van der Waals surface area contributed by atoms with E-state index in [2.05, 4.69) is 59.3 Å². The van der Waals surface area contributed by atoms with Gasteiger partial charge in [-0.2, -0.15) is 11.8 Å². The van der Waals surface area contributed by atoms with Crippen LogP contribution in [0, 0.1) is 0 Å². The van der Waals surface area contributed by atoms with Crippen molar-refractivity contribution in [3.63, 3.8) is 0 Å². The van der Waals surface area contributed by atoms with Gasteiger partial charge in [0, 0.05) is 29.4 Å². The number of thioether (sulfide) groups is 1. The predicted octanol–water partition coefficient (Wildman–Crippen LogP) is 4.05. The molecule has 4 heteroatoms. The van der Waals surface area contributed by atoms with E-state index in [1.54, 1.807) is 0 Å². The first-order valence-electron chi connectivity index (χ1n) is 6.28. The standard InChI is InChI=1S/C14H23BrN2S/c1-5-12(9-18-4)17(3)14-7-6-11(10(2)16)8-13(14)15/h6-8,10,12H,5,9,16H2,1-4H3/t10-,12?/m0/s1. The lowest BCUT2D eigenvalue weighted by atomic mass is 10.1. The molecule has 0 heterocycles. The van der Waals surface area contributed by atoms with E-state index in [-0.39, 0.29) is 6.04 Å². The number of anilines is 1. The van der Waals surface area contributed by atoms with Crippen LogP contribution in [0.15, 0.2) is 22.7 Å². The molecule has 0 aliphatic heterocycles. The van der Waals surface area contributed by atoms with Gasteiger partial charge in [0.15, 0.2) is 0 Å². The molecule has 0 aromatic heterocycles. The first-order chi connectivity index (χ1) is 8.51. The molecule has 2 nitrogen and oxygen atoms in total. The number of nitrogens with zero attached hydrogens (tertiary/aromatic N) is 1. The van der Waals surface area contributed by atoms with Crippen molar-refractivity contribution in [3.8, 4) is 0 Å². The normalized spacial score (nSPS) is 14.3. The lowest BCUT2D eigenvalue weighted by Crippen LogP contribution is -2.33. The second-order valence-corrected chi connectivity index (χ2v) is 6.39. The van der Waals surface area contributed by atoms with Crippen molar-refractivity contribution in [1.82, 2.24) is 0 Å². The molecular weight excluding hydrogens is 308 g/mol. The summed E-state index contributed by atoms with van der Waals surface area (Å²) in [4.78, 5) is 2.35. The van der Waals surface area contributed by atoms with Crippen molar-refractivity contribution in [3.05, 3.63) is 28.2 Å². The van der Waals surface area contributed by atoms with Crippen LogP contribution in [0.3, 0.4) is 0 Å². The van der Waals surface area contributed by atoms with Crippen LogP contribution in [0.5, 0.6) is 0 Å². The van der Waals surface area contributed by atoms with Crippen LogP contribution in [0.1, 0.15) is 31.9 Å². The van der Waals surface area contributed by atoms with Crippen LogP contribution in [-0.4, -0.2) is 25.1 Å². The van der Waals surface area contributed by atoms with Crippen LogP contribution in [-0.2, 0) is 0 Å². The maximum atomic E-state index is 5.90. The smallest absolute Gasteiger partial charge is 0.0511 e. The SMILES string of the molecule is CCC(CSC)N(C)c1ccc([C@H](C)N)cc1Br. The van der Waals surface area contributed by atoms with E-state index in [0.29, 0.717) is 6.04 Å². The molecule has 1 aromatic carbocycles. The minimum atomic E-state index is 0.0776. The first-order valence-corrected chi connectivity index (χ1v) is 8.46. The van der Waals surface area contributed by atoms with E-state index in [9.17, 15) is 0 Å². The van der Waals surface area contributed by atoms with Crippen molar-refractivity contribution in [2.24, 2.45) is 5.73 Å². The molecule has 18 heavy (non-hydrogen) atoms. The van der Waals surface area contributed by atoms with Gasteiger partial charge in [-0.1, -0.05) is 13.0 Å². The predicted molar refractivity (Wildman–Crippen MR) is 87.6 cm³/mol. The topological polar surface area (TPSA) is 29.3 Å². The minimum Gasteiger partial charge on any atom is -0.370 e. The number of hydrogen-bond acceptors (Lipinski definition) is 3. The number of nitrogens with two attached hydrogens (primary N) is 1. The summed E-state index contributed by atoms with van der Waals surface area (Å²) < 4.78 is 1.12. The highest BCUT2D eigenvalue weighted by atomic mass is 79.9. The second-order valence-electron chi connectivity index (χ2n) is 4.63. The zero-order chi connectivity index (χ0) is 13.7. The van der Waals surface area contributed by atoms with Crippen molar-refractivity contribution >= 4 is 33.4 Å². The Labute approximate surface area is 123 Å². The van der Waals surface area contributed by atoms with Gasteiger partial charge < -0.3 is 10.6 Å². The quantitative estimate of drug-likeness (QED) is 0.853. The fraction of sp³-hybridized carbons (Fsp3) is 0.571. The van der Waals surface area contributed by atoms with E-state index in [1.807, 2.05) is 18.7 Å². The fourth-order valence-electron chi connectivity index (χ4n) is 1.99. The molecule has 0 spiro atoms. The zero-order valence-electron chi connectivity index (χ0n) is 11.6. The van der Waals surface area contributed by atoms with Crippen molar-refractivity contribution in [1.29, 1.82) is 0 Å². The largest absolute Gasteiger partial charge is 0.370 e. The van der Waals surface area contributed by atoms with Gasteiger partial charge in [0.2, 0.25) is 0 Å². The molecule has 0 aliphatic carbocycles. The Hall–Kier alpha value is -0.190. The van der Waals surface area contributed by atoms with Crippen LogP contribution < -0.4 is 10.6 Å². The maximum Gasteiger partial charge on any atom is 0.0511 e. The molecule has 0 amide bonds. The molecule has 2 atom stereocenters. The number of rotatable bonds is 6. The fourth-order valence-corrected chi connectivity index (χ4v) is 3.51. The minimum absolute atomic E-state index is 0.0776. The number of halogens is 1. The maximum absolute atomic E-state index is 5.90. The van der Waals surface area contributed by atoms with E-state index in [4.69, 9.17) is 5.73 Å². The van der Waals surface area contributed by atoms with Crippen LogP contribution in [0.4, 0.5) is 5.69 Å². The van der Waals surface area contributed by atoms with Gasteiger partial charge in [0.1, 0.15) is 0 Å². The molecule has 0 aliphatic rings. The summed E-state index contributed by atoms with van der Waals surface area (Å²) in [5.74, 6) is 1.15. The van der Waals surface area contributed by atoms with Gasteiger partial charge in [-0.25, -0.2) is 0 Å². The summed E-state index contributed by atoms with van der Waals surface area (Å²) in [6.45, 7) is 4.25. The highest BCUT2D eigenvalue weighted by molar-refractivity contribution is 9.10. The molecule has 0 saturated heterocycles. The van der Waals surface area contributed by atoms with E-state index in [1.165, 1.54) is 5.69 Å². The summed E-state index contributed by atoms with van der Waals surface area (Å²) in [6.07, 6.45) is 3.31. The lowest BCUT2D eigenvalue weighted by Gasteiger charge is -2.30. The zero-order valence-corrected chi connectivity index (χ0v) is 14.0. The molecule has 0 fully saturated rings. The Morgan fingerprint density at radius 3 is 2.56 bits per heavy atom. The lowest BCUT2D eigenvalue weighted by molar-refractivity contribution is 0.672. The Morgan fingerprint density at radius 2 is 2.11 bits per heavy atom. The third-order valence-corrected chi connectivity index (χ3v) is 4.61. The summed E-state index contributed by atoms with van der Waals surface area (Å²) in [5.41, 5.74) is 8.30. The van der Waals surface area contributed by atoms with Crippen molar-refractivity contribution < 1.29 is 0 Å². The molecule has 0 radical (unpaired) electrons. The molecular formula is C14H23BrN2S. The van der Waals surface area contributed by atoms with Gasteiger partial charge in [-0.3, -0.25) is 0 Å². The van der Waals surface area contributed by atoms with Crippen LogP contribution >= 0.6 is 27.7 Å². The molecule has 1 rings (SSSR count). The van der Waals surface area contributed by atoms with E-state index >= 15 is 0 Å². The number of hydrogen-bond donors (Lipinski definition) is 1. The summed E-state index contributed by atoms with van der Waals surface area (Å²) in [6, 6.07) is 7.05. The number of benzene rings is 1. The Kier molecular flexibility index (Phi) is 6.53. The molecule has 1 aromatic rings. The summed E-state index contributed by atoms with van der Waals surface area (Å²) >= 11 is 5.55. The van der Waals surface area contributed by atoms with Gasteiger partial charge >= 0.3 is 0 Å². The van der Waals surface area contributed by atoms with Crippen LogP contribution in [0.2, 0.25) is 0 Å². The highest BCUT2D eigenvalue weighted by Crippen LogP contribution is 2.30. The average Bonchev–Trinajstić information content (AvgIpc) is 2.34. The van der Waals surface area contributed by atoms with Gasteiger partial charge in [-0.15, -0.1) is 0 Å². The van der Waals surface area contributed by atoms with Gasteiger partial charge in [0.25, 0.3) is 0 Å². The Balaban J connectivity index is 2.95. The van der Waals surface area contributed by atoms with Crippen LogP contribution in [0.25, 0.3) is 0 Å². The summed E-state index contributed by atoms with van der Waals surface area (Å²) in [5, 5.41) is 0. The monoisotopic (exact) mass is 330 g/mol. The Bertz CT molecular complexity index is 382. The van der Waals surface area contributed by atoms with Gasteiger partial charge in [-0.05, 0) is 53.2 Å². The van der Waals surface area contributed by atoms with Gasteiger partial charge in [0.05, 0.1) is 5.69 Å². The third kappa shape index (κ3) is 3.90. The van der Waals surface area contributed by atoms with Crippen molar-refractivity contribution in [2.45, 2.75) is 32.4 Å². The van der Waals surface area contributed by atoms with E-state index in [0.717, 1.165) is 22.2 Å². The van der Waals surface area contributed by atoms with Crippen molar-refractivity contribution in [2.75, 3.05) is 24.0 Å². The average molecular weight is 331 g/mol. The second kappa shape index (κ2) is 7.41. The molecule has 0 bridgehead atoms. The first kappa shape index (κ1) is 15.9. The molecule has 102 valence electrons. The Morgan fingerprint density at radius 1 is 1.44 bits per heavy atom.